The molecule has 2 aromatic rings. The molecule has 6 heteroatoms. The van der Waals surface area contributed by atoms with Crippen LogP contribution in [0.15, 0.2) is 23.5 Å². The highest BCUT2D eigenvalue weighted by Gasteiger charge is 2.20. The SMILES string of the molecule is Cc1sc(Br)cc1C(Cl)c1cc(Br)sc1Br. The fraction of sp³-hybridized carbons (Fsp3) is 0.200. The molecule has 1 unspecified atom stereocenters. The summed E-state index contributed by atoms with van der Waals surface area (Å²) >= 11 is 20.4. The second kappa shape index (κ2) is 5.41. The van der Waals surface area contributed by atoms with Gasteiger partial charge in [-0.15, -0.1) is 34.3 Å². The van der Waals surface area contributed by atoms with Gasteiger partial charge < -0.3 is 0 Å². The number of hydrogen-bond acceptors (Lipinski definition) is 2. The second-order valence-corrected chi connectivity index (χ2v) is 10.0. The summed E-state index contributed by atoms with van der Waals surface area (Å²) in [6, 6.07) is 4.16. The first-order chi connectivity index (χ1) is 7.49. The Labute approximate surface area is 132 Å². The molecule has 0 spiro atoms. The summed E-state index contributed by atoms with van der Waals surface area (Å²) in [5.74, 6) is 0. The van der Waals surface area contributed by atoms with Crippen LogP contribution in [0.3, 0.4) is 0 Å². The van der Waals surface area contributed by atoms with Gasteiger partial charge in [0.25, 0.3) is 0 Å². The Bertz CT molecular complexity index is 472. The summed E-state index contributed by atoms with van der Waals surface area (Å²) in [5.41, 5.74) is 2.29. The third-order valence-electron chi connectivity index (χ3n) is 2.16. The molecule has 0 aliphatic carbocycles. The molecule has 0 saturated carbocycles. The zero-order valence-electron chi connectivity index (χ0n) is 8.06. The van der Waals surface area contributed by atoms with Crippen molar-refractivity contribution in [1.82, 2.24) is 0 Å². The van der Waals surface area contributed by atoms with E-state index in [1.54, 1.807) is 22.7 Å². The van der Waals surface area contributed by atoms with E-state index in [2.05, 4.69) is 66.8 Å². The van der Waals surface area contributed by atoms with Crippen LogP contribution in [-0.2, 0) is 0 Å². The Hall–Kier alpha value is 1.13. The molecule has 0 aliphatic rings. The molecule has 0 nitrogen and oxygen atoms in total. The van der Waals surface area contributed by atoms with Crippen LogP contribution in [0.5, 0.6) is 0 Å². The lowest BCUT2D eigenvalue weighted by molar-refractivity contribution is 1.14. The van der Waals surface area contributed by atoms with Crippen LogP contribution in [0.1, 0.15) is 21.4 Å². The summed E-state index contributed by atoms with van der Waals surface area (Å²) in [7, 11) is 0. The highest BCUT2D eigenvalue weighted by Crippen LogP contribution is 2.43. The van der Waals surface area contributed by atoms with Gasteiger partial charge in [-0.3, -0.25) is 0 Å². The van der Waals surface area contributed by atoms with E-state index in [1.165, 1.54) is 10.4 Å². The Morgan fingerprint density at radius 3 is 2.06 bits per heavy atom. The second-order valence-electron chi connectivity index (χ2n) is 3.20. The highest BCUT2D eigenvalue weighted by atomic mass is 79.9. The van der Waals surface area contributed by atoms with Crippen LogP contribution in [0.4, 0.5) is 0 Å². The summed E-state index contributed by atoms with van der Waals surface area (Å²) in [6.45, 7) is 2.09. The fourth-order valence-electron chi connectivity index (χ4n) is 1.40. The van der Waals surface area contributed by atoms with Gasteiger partial charge in [0.2, 0.25) is 0 Å². The highest BCUT2D eigenvalue weighted by molar-refractivity contribution is 9.12. The van der Waals surface area contributed by atoms with E-state index >= 15 is 0 Å². The number of alkyl halides is 1. The van der Waals surface area contributed by atoms with Crippen molar-refractivity contribution in [1.29, 1.82) is 0 Å². The largest absolute Gasteiger partial charge is 0.133 e. The summed E-state index contributed by atoms with van der Waals surface area (Å²) in [6.07, 6.45) is 0. The van der Waals surface area contributed by atoms with Gasteiger partial charge in [-0.25, -0.2) is 0 Å². The molecule has 0 fully saturated rings. The van der Waals surface area contributed by atoms with Crippen molar-refractivity contribution in [2.24, 2.45) is 0 Å². The smallest absolute Gasteiger partial charge is 0.0865 e. The molecule has 0 bridgehead atoms. The summed E-state index contributed by atoms with van der Waals surface area (Å²) < 4.78 is 3.30. The van der Waals surface area contributed by atoms with E-state index in [0.717, 1.165) is 16.9 Å². The van der Waals surface area contributed by atoms with E-state index < -0.39 is 0 Å². The average molecular weight is 465 g/mol. The van der Waals surface area contributed by atoms with Crippen molar-refractivity contribution in [3.63, 3.8) is 0 Å². The molecule has 86 valence electrons. The van der Waals surface area contributed by atoms with Crippen molar-refractivity contribution >= 4 is 82.1 Å². The van der Waals surface area contributed by atoms with Crippen LogP contribution in [0.25, 0.3) is 0 Å². The predicted molar refractivity (Wildman–Crippen MR) is 84.2 cm³/mol. The maximum absolute atomic E-state index is 6.51. The van der Waals surface area contributed by atoms with Gasteiger partial charge in [0, 0.05) is 10.4 Å². The van der Waals surface area contributed by atoms with Crippen molar-refractivity contribution in [3.05, 3.63) is 39.5 Å². The number of rotatable bonds is 2. The molecule has 1 atom stereocenters. The molecule has 0 aromatic carbocycles. The van der Waals surface area contributed by atoms with Gasteiger partial charge in [-0.1, -0.05) is 0 Å². The third kappa shape index (κ3) is 2.75. The average Bonchev–Trinajstić information content (AvgIpc) is 2.68. The van der Waals surface area contributed by atoms with Crippen LogP contribution in [-0.4, -0.2) is 0 Å². The first-order valence-electron chi connectivity index (χ1n) is 4.33. The van der Waals surface area contributed by atoms with Crippen LogP contribution in [0.2, 0.25) is 0 Å². The number of halogens is 4. The fourth-order valence-corrected chi connectivity index (χ4v) is 6.71. The van der Waals surface area contributed by atoms with Crippen molar-refractivity contribution in [2.75, 3.05) is 0 Å². The molecule has 0 N–H and O–H groups in total. The minimum Gasteiger partial charge on any atom is -0.133 e. The zero-order valence-corrected chi connectivity index (χ0v) is 15.2. The Kier molecular flexibility index (Phi) is 4.58. The van der Waals surface area contributed by atoms with Gasteiger partial charge in [0.1, 0.15) is 0 Å². The topological polar surface area (TPSA) is 0 Å². The van der Waals surface area contributed by atoms with Gasteiger partial charge in [-0.2, -0.15) is 0 Å². The van der Waals surface area contributed by atoms with E-state index in [9.17, 15) is 0 Å². The predicted octanol–water partition coefficient (Wildman–Crippen LogP) is 6.73. The lowest BCUT2D eigenvalue weighted by Gasteiger charge is -2.07. The molecule has 0 amide bonds. The van der Waals surface area contributed by atoms with Crippen molar-refractivity contribution < 1.29 is 0 Å². The molecule has 16 heavy (non-hydrogen) atoms. The van der Waals surface area contributed by atoms with Crippen LogP contribution < -0.4 is 0 Å². The number of aryl methyl sites for hydroxylation is 1. The number of thiophene rings is 2. The zero-order chi connectivity index (χ0) is 11.9. The quantitative estimate of drug-likeness (QED) is 0.431. The summed E-state index contributed by atoms with van der Waals surface area (Å²) in [5, 5.41) is -0.0977. The first kappa shape index (κ1) is 13.6. The van der Waals surface area contributed by atoms with Crippen LogP contribution in [0, 0.1) is 6.92 Å². The standard InChI is InChI=1S/C10H6Br3ClS2/c1-4-5(2-7(11)15-4)9(14)6-3-8(12)16-10(6)13/h2-3,9H,1H3. The molecule has 0 radical (unpaired) electrons. The van der Waals surface area contributed by atoms with Crippen molar-refractivity contribution in [3.8, 4) is 0 Å². The van der Waals surface area contributed by atoms with Crippen LogP contribution >= 0.6 is 82.1 Å². The van der Waals surface area contributed by atoms with E-state index in [-0.39, 0.29) is 5.38 Å². The minimum atomic E-state index is -0.0977. The molecule has 0 aliphatic heterocycles. The van der Waals surface area contributed by atoms with Gasteiger partial charge in [0.05, 0.1) is 16.7 Å². The Balaban J connectivity index is 2.42. The lowest BCUT2D eigenvalue weighted by atomic mass is 10.1. The molecule has 2 heterocycles. The lowest BCUT2D eigenvalue weighted by Crippen LogP contribution is -1.91. The van der Waals surface area contributed by atoms with Gasteiger partial charge in [0.15, 0.2) is 0 Å². The molecule has 2 rings (SSSR count). The monoisotopic (exact) mass is 462 g/mol. The minimum absolute atomic E-state index is 0.0977. The van der Waals surface area contributed by atoms with E-state index in [0.29, 0.717) is 0 Å². The maximum Gasteiger partial charge on any atom is 0.0865 e. The Morgan fingerprint density at radius 1 is 1.06 bits per heavy atom. The Morgan fingerprint density at radius 2 is 1.62 bits per heavy atom. The van der Waals surface area contributed by atoms with E-state index in [4.69, 9.17) is 11.6 Å². The van der Waals surface area contributed by atoms with E-state index in [1.807, 2.05) is 0 Å². The maximum atomic E-state index is 6.51. The molecule has 0 saturated heterocycles. The van der Waals surface area contributed by atoms with Crippen molar-refractivity contribution in [2.45, 2.75) is 12.3 Å². The third-order valence-corrected chi connectivity index (χ3v) is 6.58. The number of hydrogen-bond donors (Lipinski definition) is 0. The molecular weight excluding hydrogens is 459 g/mol. The van der Waals surface area contributed by atoms with Gasteiger partial charge >= 0.3 is 0 Å². The first-order valence-corrected chi connectivity index (χ1v) is 8.78. The summed E-state index contributed by atoms with van der Waals surface area (Å²) in [4.78, 5) is 1.25. The van der Waals surface area contributed by atoms with Gasteiger partial charge in [-0.05, 0) is 72.4 Å². The molecular formula is C10H6Br3ClS2. The molecule has 2 aromatic heterocycles. The normalized spacial score (nSPS) is 13.1.